The van der Waals surface area contributed by atoms with E-state index in [9.17, 15) is 4.79 Å². The van der Waals surface area contributed by atoms with Crippen molar-refractivity contribution in [2.24, 2.45) is 0 Å². The van der Waals surface area contributed by atoms with Gasteiger partial charge >= 0.3 is 0 Å². The van der Waals surface area contributed by atoms with Crippen LogP contribution in [-0.4, -0.2) is 24.1 Å². The van der Waals surface area contributed by atoms with Crippen LogP contribution in [0.3, 0.4) is 0 Å². The minimum absolute atomic E-state index is 0.157. The number of aromatic nitrogens is 1. The molecule has 0 saturated carbocycles. The highest BCUT2D eigenvalue weighted by Crippen LogP contribution is 2.29. The van der Waals surface area contributed by atoms with Crippen LogP contribution in [0.5, 0.6) is 11.5 Å². The van der Waals surface area contributed by atoms with Gasteiger partial charge in [0, 0.05) is 11.8 Å². The van der Waals surface area contributed by atoms with Crippen molar-refractivity contribution in [3.8, 4) is 11.5 Å². The zero-order valence-corrected chi connectivity index (χ0v) is 13.3. The number of pyridine rings is 1. The van der Waals surface area contributed by atoms with Crippen molar-refractivity contribution >= 4 is 17.3 Å². The molecule has 3 N–H and O–H groups in total. The monoisotopic (exact) mass is 315 g/mol. The third kappa shape index (κ3) is 4.88. The van der Waals surface area contributed by atoms with Crippen LogP contribution < -0.4 is 20.5 Å². The van der Waals surface area contributed by atoms with Gasteiger partial charge in [-0.15, -0.1) is 0 Å². The van der Waals surface area contributed by atoms with Gasteiger partial charge in [-0.3, -0.25) is 9.78 Å². The summed E-state index contributed by atoms with van der Waals surface area (Å²) in [7, 11) is 0. The second-order valence-electron chi connectivity index (χ2n) is 4.83. The number of anilines is 2. The smallest absolute Gasteiger partial charge is 0.230 e. The molecule has 0 atom stereocenters. The molecule has 0 unspecified atom stereocenters. The van der Waals surface area contributed by atoms with Gasteiger partial charge in [-0.25, -0.2) is 0 Å². The minimum atomic E-state index is -0.183. The average Bonchev–Trinajstić information content (AvgIpc) is 2.52. The molecular weight excluding hydrogens is 294 g/mol. The molecule has 6 heteroatoms. The van der Waals surface area contributed by atoms with Gasteiger partial charge in [-0.05, 0) is 38.1 Å². The highest BCUT2D eigenvalue weighted by Gasteiger charge is 2.11. The van der Waals surface area contributed by atoms with E-state index in [-0.39, 0.29) is 12.3 Å². The number of carbonyl (C=O) groups excluding carboxylic acids is 1. The average molecular weight is 315 g/mol. The van der Waals surface area contributed by atoms with Gasteiger partial charge in [0.05, 0.1) is 37.2 Å². The number of nitrogens with one attached hydrogen (secondary N) is 1. The lowest BCUT2D eigenvalue weighted by atomic mass is 10.2. The van der Waals surface area contributed by atoms with E-state index in [1.807, 2.05) is 19.9 Å². The van der Waals surface area contributed by atoms with Crippen molar-refractivity contribution in [2.45, 2.75) is 20.3 Å². The fourth-order valence-corrected chi connectivity index (χ4v) is 2.04. The highest BCUT2D eigenvalue weighted by atomic mass is 16.5. The van der Waals surface area contributed by atoms with E-state index in [1.54, 1.807) is 24.3 Å². The third-order valence-electron chi connectivity index (χ3n) is 3.03. The zero-order chi connectivity index (χ0) is 16.7. The molecule has 1 aromatic carbocycles. The molecule has 0 aliphatic rings. The Hall–Kier alpha value is -2.76. The maximum atomic E-state index is 12.2. The summed E-state index contributed by atoms with van der Waals surface area (Å²) in [6.45, 7) is 4.86. The van der Waals surface area contributed by atoms with Crippen LogP contribution >= 0.6 is 0 Å². The largest absolute Gasteiger partial charge is 0.494 e. The SMILES string of the molecule is CCOc1ccc(OCC)c(NC(=O)Cc2ccc(N)cn2)c1. The Morgan fingerprint density at radius 2 is 1.96 bits per heavy atom. The Balaban J connectivity index is 2.11. The predicted molar refractivity (Wildman–Crippen MR) is 89.8 cm³/mol. The first kappa shape index (κ1) is 16.6. The van der Waals surface area contributed by atoms with E-state index >= 15 is 0 Å². The maximum Gasteiger partial charge on any atom is 0.230 e. The summed E-state index contributed by atoms with van der Waals surface area (Å²) in [5.74, 6) is 1.10. The Bertz CT molecular complexity index is 657. The molecule has 0 bridgehead atoms. The Kier molecular flexibility index (Phi) is 5.80. The van der Waals surface area contributed by atoms with Gasteiger partial charge in [0.2, 0.25) is 5.91 Å². The van der Waals surface area contributed by atoms with Crippen LogP contribution in [0, 0.1) is 0 Å². The van der Waals surface area contributed by atoms with E-state index in [1.165, 1.54) is 6.20 Å². The number of hydrogen-bond acceptors (Lipinski definition) is 5. The molecule has 122 valence electrons. The first-order chi connectivity index (χ1) is 11.1. The number of benzene rings is 1. The fraction of sp³-hybridized carbons (Fsp3) is 0.294. The maximum absolute atomic E-state index is 12.2. The van der Waals surface area contributed by atoms with Crippen LogP contribution in [0.2, 0.25) is 0 Å². The normalized spacial score (nSPS) is 10.2. The lowest BCUT2D eigenvalue weighted by molar-refractivity contribution is -0.115. The molecule has 23 heavy (non-hydrogen) atoms. The molecule has 2 aromatic rings. The van der Waals surface area contributed by atoms with E-state index in [4.69, 9.17) is 15.2 Å². The van der Waals surface area contributed by atoms with Crippen molar-refractivity contribution in [3.63, 3.8) is 0 Å². The summed E-state index contributed by atoms with van der Waals surface area (Å²) in [5, 5.41) is 2.84. The molecule has 2 rings (SSSR count). The Morgan fingerprint density at radius 3 is 2.61 bits per heavy atom. The summed E-state index contributed by atoms with van der Waals surface area (Å²) < 4.78 is 11.0. The van der Waals surface area contributed by atoms with Crippen LogP contribution in [0.15, 0.2) is 36.5 Å². The van der Waals surface area contributed by atoms with E-state index < -0.39 is 0 Å². The molecule has 0 aliphatic heterocycles. The van der Waals surface area contributed by atoms with Crippen LogP contribution in [0.4, 0.5) is 11.4 Å². The number of nitrogens with two attached hydrogens (primary N) is 1. The molecule has 1 heterocycles. The number of hydrogen-bond donors (Lipinski definition) is 2. The van der Waals surface area contributed by atoms with Crippen molar-refractivity contribution in [1.29, 1.82) is 0 Å². The first-order valence-corrected chi connectivity index (χ1v) is 7.52. The zero-order valence-electron chi connectivity index (χ0n) is 13.3. The summed E-state index contributed by atoms with van der Waals surface area (Å²) in [6, 6.07) is 8.80. The minimum Gasteiger partial charge on any atom is -0.494 e. The van der Waals surface area contributed by atoms with Crippen LogP contribution in [-0.2, 0) is 11.2 Å². The Labute approximate surface area is 135 Å². The van der Waals surface area contributed by atoms with E-state index in [2.05, 4.69) is 10.3 Å². The summed E-state index contributed by atoms with van der Waals surface area (Å²) in [5.41, 5.74) is 7.38. The first-order valence-electron chi connectivity index (χ1n) is 7.52. The van der Waals surface area contributed by atoms with Crippen molar-refractivity contribution in [2.75, 3.05) is 24.3 Å². The lowest BCUT2D eigenvalue weighted by Crippen LogP contribution is -2.16. The van der Waals surface area contributed by atoms with Crippen LogP contribution in [0.1, 0.15) is 19.5 Å². The Morgan fingerprint density at radius 1 is 1.17 bits per heavy atom. The standard InChI is InChI=1S/C17H21N3O3/c1-3-22-14-7-8-16(23-4-2)15(10-14)20-17(21)9-13-6-5-12(18)11-19-13/h5-8,10-11H,3-4,9,18H2,1-2H3,(H,20,21). The molecule has 0 spiro atoms. The molecule has 6 nitrogen and oxygen atoms in total. The van der Waals surface area contributed by atoms with Crippen molar-refractivity contribution < 1.29 is 14.3 Å². The second-order valence-corrected chi connectivity index (χ2v) is 4.83. The van der Waals surface area contributed by atoms with E-state index in [0.717, 1.165) is 0 Å². The van der Waals surface area contributed by atoms with Gasteiger partial charge in [0.15, 0.2) is 0 Å². The summed E-state index contributed by atoms with van der Waals surface area (Å²) >= 11 is 0. The molecule has 0 fully saturated rings. The molecule has 0 saturated heterocycles. The molecule has 0 radical (unpaired) electrons. The van der Waals surface area contributed by atoms with Gasteiger partial charge in [0.1, 0.15) is 11.5 Å². The number of carbonyl (C=O) groups is 1. The number of nitrogens with zero attached hydrogens (tertiary/aromatic N) is 1. The predicted octanol–water partition coefficient (Wildman–Crippen LogP) is 2.64. The second kappa shape index (κ2) is 8.03. The third-order valence-corrected chi connectivity index (χ3v) is 3.03. The van der Waals surface area contributed by atoms with Gasteiger partial charge in [-0.1, -0.05) is 0 Å². The molecule has 1 amide bonds. The number of amides is 1. The van der Waals surface area contributed by atoms with E-state index in [0.29, 0.717) is 41.8 Å². The quantitative estimate of drug-likeness (QED) is 0.820. The van der Waals surface area contributed by atoms with Gasteiger partial charge in [0.25, 0.3) is 0 Å². The number of nitrogen functional groups attached to an aromatic ring is 1. The van der Waals surface area contributed by atoms with Crippen molar-refractivity contribution in [1.82, 2.24) is 4.98 Å². The molecular formula is C17H21N3O3. The number of ether oxygens (including phenoxy) is 2. The fourth-order valence-electron chi connectivity index (χ4n) is 2.04. The van der Waals surface area contributed by atoms with Crippen LogP contribution in [0.25, 0.3) is 0 Å². The molecule has 1 aromatic heterocycles. The summed E-state index contributed by atoms with van der Waals surface area (Å²) in [4.78, 5) is 16.3. The van der Waals surface area contributed by atoms with Gasteiger partial charge in [-0.2, -0.15) is 0 Å². The topological polar surface area (TPSA) is 86.5 Å². The summed E-state index contributed by atoms with van der Waals surface area (Å²) in [6.07, 6.45) is 1.69. The van der Waals surface area contributed by atoms with Gasteiger partial charge < -0.3 is 20.5 Å². The number of rotatable bonds is 7. The molecule has 0 aliphatic carbocycles. The lowest BCUT2D eigenvalue weighted by Gasteiger charge is -2.13. The highest BCUT2D eigenvalue weighted by molar-refractivity contribution is 5.93. The van der Waals surface area contributed by atoms with Crippen molar-refractivity contribution in [3.05, 3.63) is 42.2 Å².